The lowest BCUT2D eigenvalue weighted by molar-refractivity contribution is -0.135. The van der Waals surface area contributed by atoms with Gasteiger partial charge in [0.1, 0.15) is 36.1 Å². The van der Waals surface area contributed by atoms with Crippen molar-refractivity contribution in [2.75, 3.05) is 47.2 Å². The van der Waals surface area contributed by atoms with Gasteiger partial charge in [-0.3, -0.25) is 38.5 Å². The van der Waals surface area contributed by atoms with Crippen molar-refractivity contribution < 1.29 is 41.1 Å². The molecule has 16 nitrogen and oxygen atoms in total. The van der Waals surface area contributed by atoms with Crippen molar-refractivity contribution in [1.82, 2.24) is 24.1 Å². The molecule has 4 aromatic carbocycles. The molecule has 2 atom stereocenters. The summed E-state index contributed by atoms with van der Waals surface area (Å²) in [5, 5.41) is 5.44. The largest absolute Gasteiger partial charge is 0.487 e. The van der Waals surface area contributed by atoms with E-state index in [0.717, 1.165) is 5.56 Å². The van der Waals surface area contributed by atoms with Crippen LogP contribution in [-0.4, -0.2) is 84.8 Å². The number of piperazine rings is 1. The first-order valence-electron chi connectivity index (χ1n) is 18.5. The van der Waals surface area contributed by atoms with Crippen LogP contribution in [0.15, 0.2) is 71.5 Å². The Morgan fingerprint density at radius 3 is 2.45 bits per heavy atom. The Morgan fingerprint density at radius 2 is 1.74 bits per heavy atom. The van der Waals surface area contributed by atoms with Crippen molar-refractivity contribution in [1.29, 1.82) is 0 Å². The molecule has 5 aromatic rings. The molecule has 0 aliphatic carbocycles. The zero-order valence-electron chi connectivity index (χ0n) is 31.3. The molecule has 3 N–H and O–H groups in total. The lowest BCUT2D eigenvalue weighted by Crippen LogP contribution is -2.53. The second-order valence-electron chi connectivity index (χ2n) is 14.6. The Morgan fingerprint density at radius 1 is 0.966 bits per heavy atom. The number of piperidine rings is 1. The van der Waals surface area contributed by atoms with E-state index in [1.165, 1.54) is 40.4 Å². The van der Waals surface area contributed by atoms with Gasteiger partial charge in [0, 0.05) is 50.2 Å². The summed E-state index contributed by atoms with van der Waals surface area (Å²) in [6, 6.07) is 16.9. The van der Waals surface area contributed by atoms with E-state index in [4.69, 9.17) is 4.74 Å². The Labute approximate surface area is 330 Å². The number of carbonyl (C=O) groups is 4. The minimum atomic E-state index is -4.37. The number of anilines is 3. The summed E-state index contributed by atoms with van der Waals surface area (Å²) < 4.78 is 68.9. The first kappa shape index (κ1) is 38.5. The first-order chi connectivity index (χ1) is 27.7. The number of fused-ring (bicyclic) bond motifs is 2. The van der Waals surface area contributed by atoms with Gasteiger partial charge >= 0.3 is 15.9 Å². The molecule has 0 saturated carbocycles. The van der Waals surface area contributed by atoms with Gasteiger partial charge in [-0.25, -0.2) is 22.6 Å². The summed E-state index contributed by atoms with van der Waals surface area (Å²) in [5.74, 6) is -3.87. The second kappa shape index (κ2) is 14.9. The number of amides is 4. The average molecular weight is 817 g/mol. The Hall–Kier alpha value is -6.34. The number of imide groups is 1. The van der Waals surface area contributed by atoms with Crippen molar-refractivity contribution in [3.8, 4) is 5.75 Å². The van der Waals surface area contributed by atoms with Gasteiger partial charge in [0.15, 0.2) is 11.6 Å². The van der Waals surface area contributed by atoms with Crippen molar-refractivity contribution in [2.45, 2.75) is 38.5 Å². The maximum absolute atomic E-state index is 16.3. The van der Waals surface area contributed by atoms with Crippen LogP contribution in [0.2, 0.25) is 0 Å². The summed E-state index contributed by atoms with van der Waals surface area (Å²) >= 11 is 0. The summed E-state index contributed by atoms with van der Waals surface area (Å²) in [6.45, 7) is 2.39. The van der Waals surface area contributed by atoms with Gasteiger partial charge in [0.05, 0.1) is 17.7 Å². The zero-order chi connectivity index (χ0) is 41.0. The number of hydrogen-bond donors (Lipinski definition) is 3. The number of carbonyl (C=O) groups excluding carboxylic acids is 4. The smallest absolute Gasteiger partial charge is 0.329 e. The number of imidazole rings is 1. The van der Waals surface area contributed by atoms with Gasteiger partial charge < -0.3 is 15.0 Å². The third kappa shape index (κ3) is 6.99. The van der Waals surface area contributed by atoms with Crippen LogP contribution in [0.25, 0.3) is 21.8 Å². The normalized spacial score (nSPS) is 19.8. The fourth-order valence-corrected chi connectivity index (χ4v) is 9.10. The Balaban J connectivity index is 0.974. The monoisotopic (exact) mass is 816 g/mol. The lowest BCUT2D eigenvalue weighted by atomic mass is 10.1. The number of benzene rings is 4. The number of aryl methyl sites for hydroxylation is 1. The van der Waals surface area contributed by atoms with Crippen molar-refractivity contribution in [2.24, 2.45) is 7.05 Å². The Kier molecular flexibility index (Phi) is 9.88. The molecule has 1 unspecified atom stereocenters. The second-order valence-corrected chi connectivity index (χ2v) is 16.2. The highest BCUT2D eigenvalue weighted by Gasteiger charge is 2.39. The number of hydrogen-bond acceptors (Lipinski definition) is 10. The van der Waals surface area contributed by atoms with E-state index < -0.39 is 63.5 Å². The predicted molar refractivity (Wildman–Crippen MR) is 210 cm³/mol. The van der Waals surface area contributed by atoms with E-state index in [0.29, 0.717) is 35.0 Å². The van der Waals surface area contributed by atoms with Gasteiger partial charge in [-0.1, -0.05) is 30.3 Å². The maximum Gasteiger partial charge on any atom is 0.329 e. The van der Waals surface area contributed by atoms with Crippen molar-refractivity contribution in [3.63, 3.8) is 0 Å². The highest BCUT2D eigenvalue weighted by atomic mass is 32.2. The van der Waals surface area contributed by atoms with E-state index in [-0.39, 0.29) is 65.8 Å². The SMILES string of the molecule is C[C@@H]1CN(CC(=O)Nc2ccc3c(F)c(N4CC(=O)NS4(=O)=O)c(OCc4ccccc4)cc3c2)CCN1c1ccc2c(c1F)n(C)c(=O)n2C1CCC(=O)NC1=O. The van der Waals surface area contributed by atoms with Crippen LogP contribution < -0.4 is 35.0 Å². The van der Waals surface area contributed by atoms with Crippen LogP contribution in [0, 0.1) is 11.6 Å². The van der Waals surface area contributed by atoms with Crippen LogP contribution in [0.3, 0.4) is 0 Å². The minimum Gasteiger partial charge on any atom is -0.487 e. The van der Waals surface area contributed by atoms with Crippen LogP contribution in [-0.2, 0) is 43.0 Å². The molecule has 302 valence electrons. The molecule has 4 amide bonds. The lowest BCUT2D eigenvalue weighted by Gasteiger charge is -2.41. The Bertz CT molecular complexity index is 2700. The van der Waals surface area contributed by atoms with Crippen LogP contribution >= 0.6 is 0 Å². The standard InChI is InChI=1S/C39H38F2N8O8S/c1-22-18-46(14-15-47(22)27-10-11-28-36(35(27)41)45(2)39(54)49(28)29-12-13-31(50)43-38(29)53)19-32(51)42-25-8-9-26-24(16-25)17-30(57-21-23-6-4-3-5-7-23)37(34(26)40)48-20-33(52)44-58(48,55)56/h3-11,16-17,22,29H,12-15,18-21H2,1-2H3,(H,42,51)(H,44,52)(H,43,50,53)/t22-,29?/m1/s1. The third-order valence-corrected chi connectivity index (χ3v) is 12.1. The van der Waals surface area contributed by atoms with E-state index in [1.807, 2.05) is 27.5 Å². The number of nitrogens with one attached hydrogen (secondary N) is 3. The molecule has 0 spiro atoms. The first-order valence-corrected chi connectivity index (χ1v) is 19.9. The fraction of sp³-hybridized carbons (Fsp3) is 0.308. The number of rotatable bonds is 9. The fourth-order valence-electron chi connectivity index (χ4n) is 7.94. The molecule has 3 saturated heterocycles. The molecule has 19 heteroatoms. The zero-order valence-corrected chi connectivity index (χ0v) is 32.1. The molecule has 3 aliphatic heterocycles. The van der Waals surface area contributed by atoms with Gasteiger partial charge in [0.2, 0.25) is 17.7 Å². The van der Waals surface area contributed by atoms with Crippen LogP contribution in [0.1, 0.15) is 31.4 Å². The van der Waals surface area contributed by atoms with Gasteiger partial charge in [-0.05, 0) is 60.7 Å². The quantitative estimate of drug-likeness (QED) is 0.187. The van der Waals surface area contributed by atoms with E-state index in [1.54, 1.807) is 36.4 Å². The molecule has 3 fully saturated rings. The highest BCUT2D eigenvalue weighted by Crippen LogP contribution is 2.40. The summed E-state index contributed by atoms with van der Waals surface area (Å²) in [6.07, 6.45) is 0.187. The number of aromatic nitrogens is 2. The summed E-state index contributed by atoms with van der Waals surface area (Å²) in [7, 11) is -2.94. The molecule has 3 aliphatic rings. The molecule has 8 rings (SSSR count). The van der Waals surface area contributed by atoms with Crippen LogP contribution in [0.4, 0.5) is 25.8 Å². The molecule has 58 heavy (non-hydrogen) atoms. The average Bonchev–Trinajstić information content (AvgIpc) is 3.60. The maximum atomic E-state index is 16.3. The number of ether oxygens (including phenoxy) is 1. The van der Waals surface area contributed by atoms with Gasteiger partial charge in [0.25, 0.3) is 5.91 Å². The molecule has 1 aromatic heterocycles. The minimum absolute atomic E-state index is 0.00632. The highest BCUT2D eigenvalue weighted by molar-refractivity contribution is 7.92. The van der Waals surface area contributed by atoms with Gasteiger partial charge in [-0.15, -0.1) is 0 Å². The molecule has 4 heterocycles. The van der Waals surface area contributed by atoms with Crippen LogP contribution in [0.5, 0.6) is 5.75 Å². The topological polar surface area (TPSA) is 184 Å². The van der Waals surface area contributed by atoms with Crippen molar-refractivity contribution >= 4 is 72.7 Å². The van der Waals surface area contributed by atoms with E-state index in [2.05, 4.69) is 10.6 Å². The van der Waals surface area contributed by atoms with E-state index in [9.17, 15) is 32.4 Å². The molecular weight excluding hydrogens is 779 g/mol. The molecular formula is C39H38F2N8O8S. The number of nitrogens with zero attached hydrogens (tertiary/aromatic N) is 5. The third-order valence-electron chi connectivity index (χ3n) is 10.7. The molecule has 0 radical (unpaired) electrons. The molecule has 0 bridgehead atoms. The summed E-state index contributed by atoms with van der Waals surface area (Å²) in [4.78, 5) is 66.7. The van der Waals surface area contributed by atoms with Crippen molar-refractivity contribution in [3.05, 3.63) is 94.4 Å². The summed E-state index contributed by atoms with van der Waals surface area (Å²) in [5.41, 5.74) is 0.647. The predicted octanol–water partition coefficient (Wildman–Crippen LogP) is 2.66. The van der Waals surface area contributed by atoms with Gasteiger partial charge in [-0.2, -0.15) is 8.42 Å². The number of halogens is 2. The van der Waals surface area contributed by atoms with E-state index >= 15 is 8.78 Å².